The first-order valence-electron chi connectivity index (χ1n) is 6.13. The first-order chi connectivity index (χ1) is 9.02. The largest absolute Gasteiger partial charge is 0.353 e. The summed E-state index contributed by atoms with van der Waals surface area (Å²) in [6, 6.07) is 3.92. The minimum atomic E-state index is -0.0627. The average molecular weight is 276 g/mol. The van der Waals surface area contributed by atoms with Crippen LogP contribution in [-0.2, 0) is 6.54 Å². The van der Waals surface area contributed by atoms with Crippen LogP contribution in [0.1, 0.15) is 19.5 Å². The van der Waals surface area contributed by atoms with Crippen LogP contribution >= 0.6 is 11.8 Å². The third-order valence-corrected chi connectivity index (χ3v) is 3.49. The number of nitrogens with one attached hydrogen (secondary N) is 1. The number of thioether (sulfide) groups is 1. The van der Waals surface area contributed by atoms with Gasteiger partial charge in [0.05, 0.1) is 17.3 Å². The molecule has 0 atom stereocenters. The van der Waals surface area contributed by atoms with E-state index in [2.05, 4.69) is 29.9 Å². The highest BCUT2D eigenvalue weighted by atomic mass is 32.2. The Morgan fingerprint density at radius 2 is 2.32 bits per heavy atom. The van der Waals surface area contributed by atoms with Gasteiger partial charge in [0.15, 0.2) is 5.16 Å². The van der Waals surface area contributed by atoms with Gasteiger partial charge >= 0.3 is 0 Å². The Bertz CT molecular complexity index is 693. The van der Waals surface area contributed by atoms with E-state index in [0.29, 0.717) is 34.4 Å². The summed E-state index contributed by atoms with van der Waals surface area (Å²) in [7, 11) is 0. The lowest BCUT2D eigenvalue weighted by Gasteiger charge is -2.12. The van der Waals surface area contributed by atoms with E-state index in [4.69, 9.17) is 5.26 Å². The van der Waals surface area contributed by atoms with Gasteiger partial charge in [0.25, 0.3) is 5.56 Å². The normalized spacial score (nSPS) is 11.1. The summed E-state index contributed by atoms with van der Waals surface area (Å²) in [5.41, 5.74) is 2.06. The molecular formula is C13H16N4OS. The van der Waals surface area contributed by atoms with Crippen molar-refractivity contribution in [2.45, 2.75) is 32.5 Å². The van der Waals surface area contributed by atoms with E-state index in [1.54, 1.807) is 4.57 Å². The molecule has 0 saturated heterocycles. The van der Waals surface area contributed by atoms with Crippen LogP contribution in [0.3, 0.4) is 0 Å². The van der Waals surface area contributed by atoms with Gasteiger partial charge in [-0.25, -0.2) is 4.98 Å². The van der Waals surface area contributed by atoms with Crippen LogP contribution in [0.15, 0.2) is 16.0 Å². The van der Waals surface area contributed by atoms with Crippen molar-refractivity contribution in [1.82, 2.24) is 14.5 Å². The maximum absolute atomic E-state index is 12.5. The second-order valence-electron chi connectivity index (χ2n) is 4.86. The van der Waals surface area contributed by atoms with E-state index < -0.39 is 0 Å². The SMILES string of the molecule is Cc1cc2nc(SCC#N)n(CC(C)C)c(=O)c2[nH]1. The predicted molar refractivity (Wildman–Crippen MR) is 76.3 cm³/mol. The summed E-state index contributed by atoms with van der Waals surface area (Å²) in [5, 5.41) is 9.31. The molecule has 2 aromatic rings. The Labute approximate surface area is 115 Å². The fraction of sp³-hybridized carbons (Fsp3) is 0.462. The number of rotatable bonds is 4. The fourth-order valence-electron chi connectivity index (χ4n) is 1.94. The van der Waals surface area contributed by atoms with Gasteiger partial charge in [0.1, 0.15) is 5.52 Å². The van der Waals surface area contributed by atoms with Crippen LogP contribution in [0.5, 0.6) is 0 Å². The first-order valence-corrected chi connectivity index (χ1v) is 7.11. The molecule has 0 bridgehead atoms. The minimum Gasteiger partial charge on any atom is -0.353 e. The zero-order valence-corrected chi connectivity index (χ0v) is 12.0. The van der Waals surface area contributed by atoms with Crippen LogP contribution in [-0.4, -0.2) is 20.3 Å². The molecule has 5 nitrogen and oxygen atoms in total. The molecule has 0 saturated carbocycles. The van der Waals surface area contributed by atoms with Gasteiger partial charge in [-0.05, 0) is 18.9 Å². The van der Waals surface area contributed by atoms with Gasteiger partial charge in [-0.1, -0.05) is 25.6 Å². The van der Waals surface area contributed by atoms with Gasteiger partial charge in [0.2, 0.25) is 0 Å². The van der Waals surface area contributed by atoms with Crippen LogP contribution in [0.2, 0.25) is 0 Å². The quantitative estimate of drug-likeness (QED) is 0.687. The topological polar surface area (TPSA) is 74.5 Å². The molecule has 0 aromatic carbocycles. The molecule has 1 N–H and O–H groups in total. The molecule has 0 amide bonds. The Hall–Kier alpha value is -1.74. The Morgan fingerprint density at radius 1 is 1.58 bits per heavy atom. The highest BCUT2D eigenvalue weighted by molar-refractivity contribution is 7.99. The highest BCUT2D eigenvalue weighted by Crippen LogP contribution is 2.18. The van der Waals surface area contributed by atoms with Gasteiger partial charge in [-0.15, -0.1) is 0 Å². The van der Waals surface area contributed by atoms with Crippen LogP contribution < -0.4 is 5.56 Å². The standard InChI is InChI=1S/C13H16N4OS/c1-8(2)7-17-12(18)11-10(6-9(3)15-11)16-13(17)19-5-4-14/h6,8,15H,5,7H2,1-3H3. The lowest BCUT2D eigenvalue weighted by molar-refractivity contribution is 0.475. The lowest BCUT2D eigenvalue weighted by Crippen LogP contribution is -2.25. The van der Waals surface area contributed by atoms with E-state index in [9.17, 15) is 4.79 Å². The second-order valence-corrected chi connectivity index (χ2v) is 5.81. The molecule has 6 heteroatoms. The number of hydrogen-bond acceptors (Lipinski definition) is 4. The molecule has 2 aromatic heterocycles. The summed E-state index contributed by atoms with van der Waals surface area (Å²) in [6.45, 7) is 6.61. The highest BCUT2D eigenvalue weighted by Gasteiger charge is 2.14. The van der Waals surface area contributed by atoms with E-state index in [1.807, 2.05) is 13.0 Å². The van der Waals surface area contributed by atoms with Gasteiger partial charge < -0.3 is 4.98 Å². The van der Waals surface area contributed by atoms with Crippen LogP contribution in [0, 0.1) is 24.2 Å². The monoisotopic (exact) mass is 276 g/mol. The summed E-state index contributed by atoms with van der Waals surface area (Å²) in [6.07, 6.45) is 0. The Balaban J connectivity index is 2.62. The summed E-state index contributed by atoms with van der Waals surface area (Å²) in [4.78, 5) is 20.0. The Morgan fingerprint density at radius 3 is 2.95 bits per heavy atom. The van der Waals surface area contributed by atoms with Crippen molar-refractivity contribution in [2.24, 2.45) is 5.92 Å². The molecule has 0 spiro atoms. The third kappa shape index (κ3) is 2.82. The molecule has 2 heterocycles. The second kappa shape index (κ2) is 5.49. The van der Waals surface area contributed by atoms with Crippen molar-refractivity contribution < 1.29 is 0 Å². The number of aromatic nitrogens is 3. The van der Waals surface area contributed by atoms with Gasteiger partial charge in [-0.2, -0.15) is 5.26 Å². The summed E-state index contributed by atoms with van der Waals surface area (Å²) < 4.78 is 1.66. The number of hydrogen-bond donors (Lipinski definition) is 1. The van der Waals surface area contributed by atoms with Crippen molar-refractivity contribution in [1.29, 1.82) is 5.26 Å². The molecule has 2 rings (SSSR count). The molecule has 0 radical (unpaired) electrons. The first kappa shape index (κ1) is 13.7. The van der Waals surface area contributed by atoms with Crippen molar-refractivity contribution in [3.63, 3.8) is 0 Å². The maximum atomic E-state index is 12.5. The van der Waals surface area contributed by atoms with E-state index >= 15 is 0 Å². The van der Waals surface area contributed by atoms with Crippen molar-refractivity contribution in [2.75, 3.05) is 5.75 Å². The molecule has 0 aliphatic rings. The fourth-order valence-corrected chi connectivity index (χ4v) is 2.61. The summed E-state index contributed by atoms with van der Waals surface area (Å²) in [5.74, 6) is 0.633. The summed E-state index contributed by atoms with van der Waals surface area (Å²) >= 11 is 1.30. The number of H-pyrrole nitrogens is 1. The zero-order valence-electron chi connectivity index (χ0n) is 11.2. The Kier molecular flexibility index (Phi) is 3.96. The lowest BCUT2D eigenvalue weighted by atomic mass is 10.2. The van der Waals surface area contributed by atoms with E-state index in [1.165, 1.54) is 11.8 Å². The minimum absolute atomic E-state index is 0.0627. The molecule has 19 heavy (non-hydrogen) atoms. The van der Waals surface area contributed by atoms with Gasteiger partial charge in [0, 0.05) is 12.2 Å². The predicted octanol–water partition coefficient (Wildman–Crippen LogP) is 2.30. The number of fused-ring (bicyclic) bond motifs is 1. The van der Waals surface area contributed by atoms with Crippen LogP contribution in [0.4, 0.5) is 0 Å². The number of nitrogens with zero attached hydrogens (tertiary/aromatic N) is 3. The third-order valence-electron chi connectivity index (χ3n) is 2.65. The van der Waals surface area contributed by atoms with Crippen LogP contribution in [0.25, 0.3) is 11.0 Å². The van der Waals surface area contributed by atoms with E-state index in [-0.39, 0.29) is 5.56 Å². The molecule has 0 aliphatic carbocycles. The number of aromatic amines is 1. The molecule has 0 fully saturated rings. The maximum Gasteiger partial charge on any atom is 0.278 e. The van der Waals surface area contributed by atoms with Crippen molar-refractivity contribution in [3.05, 3.63) is 22.1 Å². The molecule has 100 valence electrons. The molecular weight excluding hydrogens is 260 g/mol. The average Bonchev–Trinajstić information content (AvgIpc) is 2.71. The van der Waals surface area contributed by atoms with Crippen molar-refractivity contribution >= 4 is 22.8 Å². The van der Waals surface area contributed by atoms with Crippen molar-refractivity contribution in [3.8, 4) is 6.07 Å². The zero-order chi connectivity index (χ0) is 14.0. The van der Waals surface area contributed by atoms with E-state index in [0.717, 1.165) is 5.69 Å². The number of nitriles is 1. The molecule has 0 aliphatic heterocycles. The smallest absolute Gasteiger partial charge is 0.278 e. The molecule has 0 unspecified atom stereocenters. The number of aryl methyl sites for hydroxylation is 1. The van der Waals surface area contributed by atoms with Gasteiger partial charge in [-0.3, -0.25) is 9.36 Å².